The Labute approximate surface area is 189 Å². The maximum atomic E-state index is 10.5. The van der Waals surface area contributed by atoms with Gasteiger partial charge in [0.05, 0.1) is 6.54 Å². The third-order valence-corrected chi connectivity index (χ3v) is 6.62. The normalized spacial score (nSPS) is 17.3. The van der Waals surface area contributed by atoms with Gasteiger partial charge in [-0.25, -0.2) is 14.0 Å². The van der Waals surface area contributed by atoms with Gasteiger partial charge in [-0.05, 0) is 54.6 Å². The first-order valence-corrected chi connectivity index (χ1v) is 11.3. The van der Waals surface area contributed by atoms with E-state index in [0.717, 1.165) is 31.5 Å². The van der Waals surface area contributed by atoms with Gasteiger partial charge in [-0.1, -0.05) is 47.1 Å². The van der Waals surface area contributed by atoms with E-state index in [1.807, 2.05) is 42.5 Å². The van der Waals surface area contributed by atoms with Crippen LogP contribution in [0.15, 0.2) is 59.5 Å². The molecule has 0 saturated carbocycles. The molecule has 1 saturated heterocycles. The van der Waals surface area contributed by atoms with Crippen LogP contribution in [0.1, 0.15) is 30.1 Å². The van der Waals surface area contributed by atoms with Crippen LogP contribution in [0, 0.1) is 0 Å². The summed E-state index contributed by atoms with van der Waals surface area (Å²) in [5.74, 6) is 0.651. The van der Waals surface area contributed by atoms with Gasteiger partial charge in [0.25, 0.3) is 0 Å². The summed E-state index contributed by atoms with van der Waals surface area (Å²) in [5, 5.41) is 19.4. The lowest BCUT2D eigenvalue weighted by atomic mass is 9.99. The maximum absolute atomic E-state index is 10.5. The molecular formula is C22H21ClN6OS. The molecule has 1 aliphatic heterocycles. The zero-order chi connectivity index (χ0) is 21.2. The molecule has 2 aromatic heterocycles. The van der Waals surface area contributed by atoms with Crippen molar-refractivity contribution in [1.82, 2.24) is 29.3 Å². The fraction of sp³-hybridized carbons (Fsp3) is 0.273. The molecular weight excluding hydrogens is 432 g/mol. The molecule has 7 nitrogen and oxygen atoms in total. The van der Waals surface area contributed by atoms with Crippen LogP contribution in [-0.4, -0.2) is 47.5 Å². The summed E-state index contributed by atoms with van der Waals surface area (Å²) in [4.78, 5) is 10.4. The van der Waals surface area contributed by atoms with Gasteiger partial charge in [0, 0.05) is 28.9 Å². The van der Waals surface area contributed by atoms with Crippen molar-refractivity contribution in [2.45, 2.75) is 30.2 Å². The maximum Gasteiger partial charge on any atom is 0.245 e. The Hall–Kier alpha value is -2.68. The van der Waals surface area contributed by atoms with Gasteiger partial charge >= 0.3 is 0 Å². The highest BCUT2D eigenvalue weighted by atomic mass is 35.5. The van der Waals surface area contributed by atoms with Crippen LogP contribution in [0.25, 0.3) is 11.2 Å². The zero-order valence-electron chi connectivity index (χ0n) is 16.7. The van der Waals surface area contributed by atoms with E-state index < -0.39 is 0 Å². The van der Waals surface area contributed by atoms with Gasteiger partial charge in [0.2, 0.25) is 5.88 Å². The van der Waals surface area contributed by atoms with Crippen LogP contribution >= 0.6 is 23.5 Å². The van der Waals surface area contributed by atoms with Crippen LogP contribution in [0.3, 0.4) is 0 Å². The number of fused-ring (bicyclic) bond motifs is 1. The van der Waals surface area contributed by atoms with E-state index in [1.54, 1.807) is 16.6 Å². The van der Waals surface area contributed by atoms with Gasteiger partial charge in [-0.3, -0.25) is 0 Å². The molecule has 5 rings (SSSR count). The average molecular weight is 453 g/mol. The smallest absolute Gasteiger partial charge is 0.245 e. The van der Waals surface area contributed by atoms with E-state index in [1.165, 1.54) is 4.90 Å². The van der Waals surface area contributed by atoms with E-state index in [-0.39, 0.29) is 11.8 Å². The molecule has 0 radical (unpaired) electrons. The monoisotopic (exact) mass is 452 g/mol. The molecule has 1 atom stereocenters. The van der Waals surface area contributed by atoms with Crippen molar-refractivity contribution in [2.75, 3.05) is 13.1 Å². The lowest BCUT2D eigenvalue weighted by molar-refractivity contribution is 0.332. The van der Waals surface area contributed by atoms with Crippen LogP contribution in [0.5, 0.6) is 5.88 Å². The molecule has 2 aromatic carbocycles. The number of rotatable bonds is 5. The van der Waals surface area contributed by atoms with E-state index in [2.05, 4.69) is 31.7 Å². The Balaban J connectivity index is 1.40. The van der Waals surface area contributed by atoms with Gasteiger partial charge in [0.15, 0.2) is 11.2 Å². The molecule has 1 unspecified atom stereocenters. The molecule has 0 bridgehead atoms. The minimum atomic E-state index is -0.120. The molecule has 1 fully saturated rings. The number of nitrogens with zero attached hydrogens (tertiary/aromatic N) is 6. The second kappa shape index (κ2) is 8.82. The quantitative estimate of drug-likeness (QED) is 0.446. The summed E-state index contributed by atoms with van der Waals surface area (Å²) < 4.78 is 4.03. The molecule has 9 heteroatoms. The van der Waals surface area contributed by atoms with Gasteiger partial charge in [-0.15, -0.1) is 5.10 Å². The fourth-order valence-corrected chi connectivity index (χ4v) is 5.09. The van der Waals surface area contributed by atoms with Crippen LogP contribution in [0.2, 0.25) is 5.02 Å². The summed E-state index contributed by atoms with van der Waals surface area (Å²) in [6.45, 7) is 2.30. The van der Waals surface area contributed by atoms with Crippen molar-refractivity contribution in [3.8, 4) is 5.88 Å². The number of piperidine rings is 1. The van der Waals surface area contributed by atoms with E-state index in [4.69, 9.17) is 16.6 Å². The van der Waals surface area contributed by atoms with Crippen molar-refractivity contribution in [2.24, 2.45) is 0 Å². The summed E-state index contributed by atoms with van der Waals surface area (Å²) in [6, 6.07) is 17.9. The number of hydrogen-bond donors (Lipinski definition) is 1. The van der Waals surface area contributed by atoms with Crippen LogP contribution in [0.4, 0.5) is 0 Å². The Morgan fingerprint density at radius 2 is 1.97 bits per heavy atom. The molecule has 1 N–H and O–H groups in total. The summed E-state index contributed by atoms with van der Waals surface area (Å²) in [7, 11) is 0. The van der Waals surface area contributed by atoms with E-state index >= 15 is 0 Å². The summed E-state index contributed by atoms with van der Waals surface area (Å²) in [5.41, 5.74) is 1.84. The van der Waals surface area contributed by atoms with Gasteiger partial charge < -0.3 is 5.11 Å². The van der Waals surface area contributed by atoms with Crippen molar-refractivity contribution in [3.05, 3.63) is 71.0 Å². The van der Waals surface area contributed by atoms with Crippen molar-refractivity contribution >= 4 is 34.7 Å². The predicted octanol–water partition coefficient (Wildman–Crippen LogP) is 4.52. The average Bonchev–Trinajstić information content (AvgIpc) is 3.18. The molecule has 0 spiro atoms. The molecule has 1 aliphatic rings. The molecule has 0 aliphatic carbocycles. The topological polar surface area (TPSA) is 80.0 Å². The largest absolute Gasteiger partial charge is 0.492 e. The lowest BCUT2D eigenvalue weighted by Crippen LogP contribution is -2.30. The molecule has 3 heterocycles. The molecule has 0 amide bonds. The standard InChI is InChI=1S/C22H21ClN6OS/c23-17-8-4-6-15(12-17)13-29-21-19(26-27-29)22(30)25-20(24-21)16-7-5-11-28(14-16)31-18-9-2-1-3-10-18/h1-4,6,8-10,12,16H,5,7,11,13-14H2,(H,24,25,30). The number of aromatic nitrogens is 5. The molecule has 158 valence electrons. The van der Waals surface area contributed by atoms with Crippen molar-refractivity contribution < 1.29 is 5.11 Å². The van der Waals surface area contributed by atoms with Crippen molar-refractivity contribution in [3.63, 3.8) is 0 Å². The number of aromatic hydroxyl groups is 1. The van der Waals surface area contributed by atoms with Gasteiger partial charge in [-0.2, -0.15) is 4.98 Å². The third-order valence-electron chi connectivity index (χ3n) is 5.31. The number of benzene rings is 2. The van der Waals surface area contributed by atoms with Gasteiger partial charge in [0.1, 0.15) is 5.82 Å². The highest BCUT2D eigenvalue weighted by Gasteiger charge is 2.26. The predicted molar refractivity (Wildman–Crippen MR) is 121 cm³/mol. The van der Waals surface area contributed by atoms with E-state index in [0.29, 0.717) is 28.6 Å². The Morgan fingerprint density at radius 3 is 2.81 bits per heavy atom. The molecule has 4 aromatic rings. The zero-order valence-corrected chi connectivity index (χ0v) is 18.3. The number of halogens is 1. The van der Waals surface area contributed by atoms with Crippen molar-refractivity contribution in [1.29, 1.82) is 0 Å². The lowest BCUT2D eigenvalue weighted by Gasteiger charge is -2.30. The summed E-state index contributed by atoms with van der Waals surface area (Å²) >= 11 is 7.86. The van der Waals surface area contributed by atoms with E-state index in [9.17, 15) is 5.11 Å². The fourth-order valence-electron chi connectivity index (χ4n) is 3.82. The SMILES string of the molecule is Oc1nc(C2CCCN(Sc3ccccc3)C2)nc2c1nnn2Cc1cccc(Cl)c1. The Morgan fingerprint density at radius 1 is 1.10 bits per heavy atom. The minimum Gasteiger partial charge on any atom is -0.492 e. The first-order valence-electron chi connectivity index (χ1n) is 10.2. The number of hydrogen-bond acceptors (Lipinski definition) is 7. The first-order chi connectivity index (χ1) is 15.2. The first kappa shape index (κ1) is 20.2. The van der Waals surface area contributed by atoms with Crippen LogP contribution < -0.4 is 0 Å². The highest BCUT2D eigenvalue weighted by Crippen LogP contribution is 2.33. The second-order valence-electron chi connectivity index (χ2n) is 7.59. The Kier molecular flexibility index (Phi) is 5.76. The molecule has 31 heavy (non-hydrogen) atoms. The third kappa shape index (κ3) is 4.51. The van der Waals surface area contributed by atoms with Crippen LogP contribution in [-0.2, 0) is 6.54 Å². The second-order valence-corrected chi connectivity index (χ2v) is 9.19. The minimum absolute atomic E-state index is 0.120. The Bertz CT molecular complexity index is 1200. The highest BCUT2D eigenvalue weighted by molar-refractivity contribution is 7.97. The summed E-state index contributed by atoms with van der Waals surface area (Å²) in [6.07, 6.45) is 2.03.